The molecule has 1 fully saturated rings. The molecule has 0 unspecified atom stereocenters. The Balaban J connectivity index is 1.62. The van der Waals surface area contributed by atoms with E-state index in [0.717, 1.165) is 29.0 Å². The minimum absolute atomic E-state index is 0.215. The molecule has 0 radical (unpaired) electrons. The molecular weight excluding hydrogens is 314 g/mol. The number of benzene rings is 1. The van der Waals surface area contributed by atoms with Crippen LogP contribution in [-0.2, 0) is 16.4 Å². The standard InChI is InChI=1S/C16H21N3O3S/c1-22-15-4-2-3-13(7-15)16-14(10-18-19-16)9-17-8-12-5-6-23(20,21)11-12/h2-4,7,10,12,17H,5-6,8-9,11H2,1H3,(H,18,19)/t12-/m1/s1. The van der Waals surface area contributed by atoms with E-state index < -0.39 is 9.84 Å². The SMILES string of the molecule is COc1cccc(-c2[nH]ncc2CNC[C@H]2CCS(=O)(=O)C2)c1. The highest BCUT2D eigenvalue weighted by molar-refractivity contribution is 7.91. The van der Waals surface area contributed by atoms with E-state index in [9.17, 15) is 8.42 Å². The number of ether oxygens (including phenoxy) is 1. The molecule has 0 saturated carbocycles. The van der Waals surface area contributed by atoms with E-state index in [1.165, 1.54) is 0 Å². The predicted molar refractivity (Wildman–Crippen MR) is 89.0 cm³/mol. The van der Waals surface area contributed by atoms with Crippen LogP contribution in [0, 0.1) is 5.92 Å². The Bertz CT molecular complexity index is 770. The molecule has 3 rings (SSSR count). The zero-order valence-corrected chi connectivity index (χ0v) is 13.9. The van der Waals surface area contributed by atoms with Crippen LogP contribution in [0.25, 0.3) is 11.3 Å². The van der Waals surface area contributed by atoms with Gasteiger partial charge in [0.15, 0.2) is 9.84 Å². The molecule has 124 valence electrons. The molecule has 0 spiro atoms. The highest BCUT2D eigenvalue weighted by atomic mass is 32.2. The van der Waals surface area contributed by atoms with E-state index in [-0.39, 0.29) is 5.92 Å². The number of aromatic amines is 1. The molecule has 2 N–H and O–H groups in total. The van der Waals surface area contributed by atoms with Crippen LogP contribution in [0.1, 0.15) is 12.0 Å². The molecule has 1 saturated heterocycles. The van der Waals surface area contributed by atoms with Crippen molar-refractivity contribution in [3.8, 4) is 17.0 Å². The van der Waals surface area contributed by atoms with E-state index in [1.807, 2.05) is 24.3 Å². The normalized spacial score (nSPS) is 19.8. The number of nitrogens with zero attached hydrogens (tertiary/aromatic N) is 1. The lowest BCUT2D eigenvalue weighted by molar-refractivity contribution is 0.415. The molecule has 1 atom stereocenters. The number of H-pyrrole nitrogens is 1. The summed E-state index contributed by atoms with van der Waals surface area (Å²) in [6.07, 6.45) is 2.55. The number of rotatable bonds is 6. The van der Waals surface area contributed by atoms with Gasteiger partial charge in [-0.1, -0.05) is 12.1 Å². The average Bonchev–Trinajstić information content (AvgIpc) is 3.14. The lowest BCUT2D eigenvalue weighted by Crippen LogP contribution is -2.23. The minimum atomic E-state index is -2.81. The second-order valence-electron chi connectivity index (χ2n) is 5.90. The van der Waals surface area contributed by atoms with Crippen molar-refractivity contribution in [2.24, 2.45) is 5.92 Å². The highest BCUT2D eigenvalue weighted by Gasteiger charge is 2.27. The number of hydrogen-bond donors (Lipinski definition) is 2. The Hall–Kier alpha value is -1.86. The molecule has 1 aliphatic rings. The fraction of sp³-hybridized carbons (Fsp3) is 0.438. The Labute approximate surface area is 136 Å². The monoisotopic (exact) mass is 335 g/mol. The van der Waals surface area contributed by atoms with Crippen LogP contribution in [0.3, 0.4) is 0 Å². The van der Waals surface area contributed by atoms with Crippen molar-refractivity contribution in [3.63, 3.8) is 0 Å². The highest BCUT2D eigenvalue weighted by Crippen LogP contribution is 2.25. The molecule has 2 heterocycles. The van der Waals surface area contributed by atoms with Crippen molar-refractivity contribution in [1.82, 2.24) is 15.5 Å². The van der Waals surface area contributed by atoms with Crippen LogP contribution in [0.5, 0.6) is 5.75 Å². The van der Waals surface area contributed by atoms with Gasteiger partial charge in [-0.15, -0.1) is 0 Å². The summed E-state index contributed by atoms with van der Waals surface area (Å²) < 4.78 is 28.2. The van der Waals surface area contributed by atoms with E-state index in [2.05, 4.69) is 15.5 Å². The van der Waals surface area contributed by atoms with Crippen molar-refractivity contribution in [2.45, 2.75) is 13.0 Å². The van der Waals surface area contributed by atoms with Crippen molar-refractivity contribution >= 4 is 9.84 Å². The molecule has 0 aliphatic carbocycles. The topological polar surface area (TPSA) is 84.1 Å². The first-order valence-electron chi connectivity index (χ1n) is 7.65. The maximum atomic E-state index is 11.5. The summed E-state index contributed by atoms with van der Waals surface area (Å²) >= 11 is 0. The van der Waals surface area contributed by atoms with Crippen molar-refractivity contribution in [1.29, 1.82) is 0 Å². The van der Waals surface area contributed by atoms with Gasteiger partial charge in [-0.2, -0.15) is 5.10 Å². The summed E-state index contributed by atoms with van der Waals surface area (Å²) in [6, 6.07) is 7.80. The molecule has 2 aromatic rings. The number of methoxy groups -OCH3 is 1. The smallest absolute Gasteiger partial charge is 0.150 e. The summed E-state index contributed by atoms with van der Waals surface area (Å²) in [5, 5.41) is 10.5. The first-order chi connectivity index (χ1) is 11.1. The van der Waals surface area contributed by atoms with E-state index in [1.54, 1.807) is 13.3 Å². The van der Waals surface area contributed by atoms with E-state index >= 15 is 0 Å². The van der Waals surface area contributed by atoms with E-state index in [0.29, 0.717) is 24.6 Å². The second-order valence-corrected chi connectivity index (χ2v) is 8.13. The number of nitrogens with one attached hydrogen (secondary N) is 2. The summed E-state index contributed by atoms with van der Waals surface area (Å²) in [5.41, 5.74) is 3.02. The van der Waals surface area contributed by atoms with Gasteiger partial charge < -0.3 is 10.1 Å². The van der Waals surface area contributed by atoms with Gasteiger partial charge in [0.2, 0.25) is 0 Å². The van der Waals surface area contributed by atoms with Gasteiger partial charge in [-0.05, 0) is 31.0 Å². The van der Waals surface area contributed by atoms with Gasteiger partial charge in [0.25, 0.3) is 0 Å². The zero-order valence-electron chi connectivity index (χ0n) is 13.1. The minimum Gasteiger partial charge on any atom is -0.497 e. The fourth-order valence-electron chi connectivity index (χ4n) is 2.92. The van der Waals surface area contributed by atoms with Crippen LogP contribution in [0.2, 0.25) is 0 Å². The molecule has 23 heavy (non-hydrogen) atoms. The maximum Gasteiger partial charge on any atom is 0.150 e. The summed E-state index contributed by atoms with van der Waals surface area (Å²) in [4.78, 5) is 0. The quantitative estimate of drug-likeness (QED) is 0.838. The van der Waals surface area contributed by atoms with Crippen LogP contribution >= 0.6 is 0 Å². The van der Waals surface area contributed by atoms with Crippen LogP contribution in [0.4, 0.5) is 0 Å². The van der Waals surface area contributed by atoms with Crippen molar-refractivity contribution in [2.75, 3.05) is 25.2 Å². The van der Waals surface area contributed by atoms with Gasteiger partial charge >= 0.3 is 0 Å². The predicted octanol–water partition coefficient (Wildman–Crippen LogP) is 1.61. The Morgan fingerprint density at radius 1 is 1.43 bits per heavy atom. The summed E-state index contributed by atoms with van der Waals surface area (Å²) in [5.74, 6) is 1.63. The van der Waals surface area contributed by atoms with Gasteiger partial charge in [-0.3, -0.25) is 5.10 Å². The third-order valence-corrected chi connectivity index (χ3v) is 5.99. The third kappa shape index (κ3) is 3.92. The molecule has 1 aromatic carbocycles. The van der Waals surface area contributed by atoms with Gasteiger partial charge in [0.1, 0.15) is 5.75 Å². The lowest BCUT2D eigenvalue weighted by Gasteiger charge is -2.10. The molecule has 7 heteroatoms. The van der Waals surface area contributed by atoms with Crippen LogP contribution in [0.15, 0.2) is 30.5 Å². The Kier molecular flexibility index (Phi) is 4.68. The Morgan fingerprint density at radius 2 is 2.30 bits per heavy atom. The molecule has 1 aromatic heterocycles. The lowest BCUT2D eigenvalue weighted by atomic mass is 10.1. The van der Waals surface area contributed by atoms with Crippen molar-refractivity contribution in [3.05, 3.63) is 36.0 Å². The molecule has 0 amide bonds. The summed E-state index contributed by atoms with van der Waals surface area (Å²) in [7, 11) is -1.17. The largest absolute Gasteiger partial charge is 0.497 e. The maximum absolute atomic E-state index is 11.5. The number of hydrogen-bond acceptors (Lipinski definition) is 5. The molecule has 1 aliphatic heterocycles. The first kappa shape index (κ1) is 16.0. The number of aromatic nitrogens is 2. The van der Waals surface area contributed by atoms with Gasteiger partial charge in [0, 0.05) is 17.7 Å². The summed E-state index contributed by atoms with van der Waals surface area (Å²) in [6.45, 7) is 1.36. The number of sulfone groups is 1. The average molecular weight is 335 g/mol. The first-order valence-corrected chi connectivity index (χ1v) is 9.47. The van der Waals surface area contributed by atoms with Crippen molar-refractivity contribution < 1.29 is 13.2 Å². The zero-order chi connectivity index (χ0) is 16.3. The third-order valence-electron chi connectivity index (χ3n) is 4.15. The van der Waals surface area contributed by atoms with Gasteiger partial charge in [-0.25, -0.2) is 8.42 Å². The molecule has 6 nitrogen and oxygen atoms in total. The van der Waals surface area contributed by atoms with E-state index in [4.69, 9.17) is 4.74 Å². The van der Waals surface area contributed by atoms with Gasteiger partial charge in [0.05, 0.1) is 30.5 Å². The molecule has 0 bridgehead atoms. The molecular formula is C16H21N3O3S. The van der Waals surface area contributed by atoms with Crippen LogP contribution in [-0.4, -0.2) is 43.8 Å². The Morgan fingerprint density at radius 3 is 3.04 bits per heavy atom. The van der Waals surface area contributed by atoms with Crippen LogP contribution < -0.4 is 10.1 Å². The fourth-order valence-corrected chi connectivity index (χ4v) is 4.78. The second kappa shape index (κ2) is 6.72.